The number of carbonyl (C=O) groups is 2. The average Bonchev–Trinajstić information content (AvgIpc) is 3.38. The van der Waals surface area contributed by atoms with Crippen LogP contribution in [0.4, 0.5) is 0 Å². The summed E-state index contributed by atoms with van der Waals surface area (Å²) in [7, 11) is 1.58. The summed E-state index contributed by atoms with van der Waals surface area (Å²) >= 11 is 0. The van der Waals surface area contributed by atoms with Gasteiger partial charge in [0.2, 0.25) is 0 Å². The summed E-state index contributed by atoms with van der Waals surface area (Å²) < 4.78 is 18.6. The first-order valence-corrected chi connectivity index (χ1v) is 12.6. The zero-order valence-corrected chi connectivity index (χ0v) is 22.2. The Morgan fingerprint density at radius 2 is 1.97 bits per heavy atom. The molecule has 2 aromatic heterocycles. The highest BCUT2D eigenvalue weighted by Crippen LogP contribution is 2.42. The first-order chi connectivity index (χ1) is 18.3. The van der Waals surface area contributed by atoms with E-state index in [0.717, 1.165) is 5.56 Å². The molecule has 1 aliphatic heterocycles. The first kappa shape index (κ1) is 26.9. The van der Waals surface area contributed by atoms with Gasteiger partial charge in [0.1, 0.15) is 17.9 Å². The number of aryl methyl sites for hydroxylation is 2. The summed E-state index contributed by atoms with van der Waals surface area (Å²) in [6, 6.07) is 8.22. The van der Waals surface area contributed by atoms with Crippen molar-refractivity contribution in [3.8, 4) is 11.5 Å². The van der Waals surface area contributed by atoms with Gasteiger partial charge in [0, 0.05) is 26.5 Å². The van der Waals surface area contributed by atoms with Crippen molar-refractivity contribution in [3.63, 3.8) is 0 Å². The number of hydrogen-bond acceptors (Lipinski definition) is 7. The number of ether oxygens (including phenoxy) is 3. The summed E-state index contributed by atoms with van der Waals surface area (Å²) in [5.41, 5.74) is 3.10. The third-order valence-corrected chi connectivity index (χ3v) is 6.54. The van der Waals surface area contributed by atoms with Crippen molar-refractivity contribution in [3.05, 3.63) is 77.3 Å². The molecule has 1 unspecified atom stereocenters. The zero-order chi connectivity index (χ0) is 27.4. The van der Waals surface area contributed by atoms with Crippen LogP contribution in [0.2, 0.25) is 0 Å². The van der Waals surface area contributed by atoms with Crippen LogP contribution in [0, 0.1) is 13.8 Å². The van der Waals surface area contributed by atoms with Crippen molar-refractivity contribution in [2.75, 3.05) is 33.5 Å². The number of aromatic nitrogens is 2. The van der Waals surface area contributed by atoms with E-state index in [1.807, 2.05) is 43.5 Å². The lowest BCUT2D eigenvalue weighted by molar-refractivity contribution is -0.140. The maximum Gasteiger partial charge on any atom is 0.295 e. The molecule has 9 nitrogen and oxygen atoms in total. The second-order valence-electron chi connectivity index (χ2n) is 9.01. The number of fused-ring (bicyclic) bond motifs is 1. The van der Waals surface area contributed by atoms with Crippen molar-refractivity contribution >= 4 is 23.1 Å². The number of rotatable bonds is 11. The number of carbonyl (C=O) groups excluding carboxylic acids is 2. The Hall–Kier alpha value is -4.11. The van der Waals surface area contributed by atoms with Crippen molar-refractivity contribution in [2.45, 2.75) is 33.2 Å². The predicted octanol–water partition coefficient (Wildman–Crippen LogP) is 4.37. The number of nitrogens with zero attached hydrogens (tertiary/aromatic N) is 3. The molecule has 0 saturated carbocycles. The van der Waals surface area contributed by atoms with E-state index >= 15 is 0 Å². The molecule has 0 aliphatic carbocycles. The first-order valence-electron chi connectivity index (χ1n) is 12.6. The Morgan fingerprint density at radius 3 is 2.66 bits per heavy atom. The van der Waals surface area contributed by atoms with E-state index in [9.17, 15) is 14.7 Å². The molecule has 3 heterocycles. The highest BCUT2D eigenvalue weighted by atomic mass is 16.5. The smallest absolute Gasteiger partial charge is 0.295 e. The Bertz CT molecular complexity index is 1410. The van der Waals surface area contributed by atoms with Crippen LogP contribution in [0.3, 0.4) is 0 Å². The Kier molecular flexibility index (Phi) is 8.16. The van der Waals surface area contributed by atoms with Gasteiger partial charge in [-0.1, -0.05) is 24.8 Å². The molecule has 4 rings (SSSR count). The summed E-state index contributed by atoms with van der Waals surface area (Å²) in [4.78, 5) is 32.8. The standard InChI is InChI=1S/C29H33N3O6/c1-6-15-38-21-12-11-20(17-22(21)37-7-2)25-23(27(34)29(35)32(25)14-9-16-36-5)26(33)24-19(4)31-13-8-10-18(3)28(31)30-24/h6,8,10-13,17,25,33H,1,7,9,14-16H2,2-5H3/b26-23+. The Morgan fingerprint density at radius 1 is 1.18 bits per heavy atom. The minimum absolute atomic E-state index is 0.0150. The second kappa shape index (κ2) is 11.5. The molecule has 38 heavy (non-hydrogen) atoms. The third-order valence-electron chi connectivity index (χ3n) is 6.54. The fourth-order valence-corrected chi connectivity index (χ4v) is 4.74. The van der Waals surface area contributed by atoms with Crippen LogP contribution in [0.1, 0.15) is 41.9 Å². The minimum Gasteiger partial charge on any atom is -0.505 e. The Labute approximate surface area is 221 Å². The van der Waals surface area contributed by atoms with E-state index in [1.54, 1.807) is 31.4 Å². The van der Waals surface area contributed by atoms with Gasteiger partial charge in [-0.05, 0) is 56.5 Å². The van der Waals surface area contributed by atoms with Crippen molar-refractivity contribution in [1.29, 1.82) is 0 Å². The van der Waals surface area contributed by atoms with Gasteiger partial charge in [0.25, 0.3) is 11.7 Å². The fraction of sp³-hybridized carbons (Fsp3) is 0.345. The maximum atomic E-state index is 13.4. The highest BCUT2D eigenvalue weighted by molar-refractivity contribution is 6.46. The van der Waals surface area contributed by atoms with Gasteiger partial charge in [-0.2, -0.15) is 0 Å². The van der Waals surface area contributed by atoms with Crippen molar-refractivity contribution < 1.29 is 28.9 Å². The van der Waals surface area contributed by atoms with E-state index in [1.165, 1.54) is 4.90 Å². The highest BCUT2D eigenvalue weighted by Gasteiger charge is 2.46. The van der Waals surface area contributed by atoms with Gasteiger partial charge in [-0.3, -0.25) is 9.59 Å². The van der Waals surface area contributed by atoms with Crippen molar-refractivity contribution in [2.24, 2.45) is 0 Å². The monoisotopic (exact) mass is 519 g/mol. The topological polar surface area (TPSA) is 103 Å². The van der Waals surface area contributed by atoms with E-state index in [0.29, 0.717) is 54.6 Å². The van der Waals surface area contributed by atoms with Crippen LogP contribution in [0.25, 0.3) is 11.4 Å². The van der Waals surface area contributed by atoms with E-state index in [-0.39, 0.29) is 23.6 Å². The molecular formula is C29H33N3O6. The van der Waals surface area contributed by atoms with Crippen LogP contribution in [0.5, 0.6) is 11.5 Å². The van der Waals surface area contributed by atoms with Gasteiger partial charge in [0.05, 0.1) is 23.9 Å². The van der Waals surface area contributed by atoms with Gasteiger partial charge in [-0.15, -0.1) is 0 Å². The molecular weight excluding hydrogens is 486 g/mol. The fourth-order valence-electron chi connectivity index (χ4n) is 4.74. The number of pyridine rings is 1. The lowest BCUT2D eigenvalue weighted by Gasteiger charge is -2.26. The van der Waals surface area contributed by atoms with E-state index < -0.39 is 17.7 Å². The molecule has 0 spiro atoms. The number of methoxy groups -OCH3 is 1. The van der Waals surface area contributed by atoms with Crippen molar-refractivity contribution in [1.82, 2.24) is 14.3 Å². The van der Waals surface area contributed by atoms with Gasteiger partial charge < -0.3 is 28.6 Å². The van der Waals surface area contributed by atoms with Crippen LogP contribution in [0.15, 0.2) is 54.8 Å². The molecule has 0 bridgehead atoms. The quantitative estimate of drug-likeness (QED) is 0.132. The lowest BCUT2D eigenvalue weighted by Crippen LogP contribution is -2.31. The molecule has 1 aromatic carbocycles. The molecule has 0 radical (unpaired) electrons. The third kappa shape index (κ3) is 4.89. The lowest BCUT2D eigenvalue weighted by atomic mass is 9.96. The number of Topliss-reactive ketones (excluding diaryl/α,β-unsaturated/α-hetero) is 1. The summed E-state index contributed by atoms with van der Waals surface area (Å²) in [6.07, 6.45) is 4.00. The molecule has 3 aromatic rings. The number of imidazole rings is 1. The minimum atomic E-state index is -0.843. The van der Waals surface area contributed by atoms with Crippen LogP contribution in [-0.2, 0) is 14.3 Å². The van der Waals surface area contributed by atoms with Crippen LogP contribution < -0.4 is 9.47 Å². The number of hydrogen-bond donors (Lipinski definition) is 1. The summed E-state index contributed by atoms with van der Waals surface area (Å²) in [5.74, 6) is -0.779. The molecule has 200 valence electrons. The van der Waals surface area contributed by atoms with Gasteiger partial charge in [0.15, 0.2) is 17.3 Å². The molecule has 1 amide bonds. The number of aliphatic hydroxyl groups excluding tert-OH is 1. The maximum absolute atomic E-state index is 13.4. The summed E-state index contributed by atoms with van der Waals surface area (Å²) in [5, 5.41) is 11.6. The number of amides is 1. The SMILES string of the molecule is C=CCOc1ccc(C2/C(=C(\O)c3nc4c(C)cccn4c3C)C(=O)C(=O)N2CCCOC)cc1OCC. The average molecular weight is 520 g/mol. The largest absolute Gasteiger partial charge is 0.505 e. The second-order valence-corrected chi connectivity index (χ2v) is 9.01. The number of aliphatic hydroxyl groups is 1. The summed E-state index contributed by atoms with van der Waals surface area (Å²) in [6.45, 7) is 10.6. The number of benzene rings is 1. The van der Waals surface area contributed by atoms with E-state index in [4.69, 9.17) is 14.2 Å². The molecule has 1 fully saturated rings. The number of likely N-dealkylation sites (tertiary alicyclic amines) is 1. The number of ketones is 1. The molecule has 1 saturated heterocycles. The predicted molar refractivity (Wildman–Crippen MR) is 143 cm³/mol. The zero-order valence-electron chi connectivity index (χ0n) is 22.2. The van der Waals surface area contributed by atoms with Crippen LogP contribution >= 0.6 is 0 Å². The molecule has 1 atom stereocenters. The van der Waals surface area contributed by atoms with Crippen LogP contribution in [-0.4, -0.2) is 64.6 Å². The Balaban J connectivity index is 1.89. The van der Waals surface area contributed by atoms with Gasteiger partial charge in [-0.25, -0.2) is 4.98 Å². The normalized spacial score (nSPS) is 16.8. The van der Waals surface area contributed by atoms with Gasteiger partial charge >= 0.3 is 0 Å². The molecule has 1 N–H and O–H groups in total. The molecule has 1 aliphatic rings. The molecule has 9 heteroatoms. The van der Waals surface area contributed by atoms with E-state index in [2.05, 4.69) is 11.6 Å².